The summed E-state index contributed by atoms with van der Waals surface area (Å²) in [5.74, 6) is 0.448. The monoisotopic (exact) mass is 360 g/mol. The number of phenolic OH excluding ortho intramolecular Hbond substituents is 1. The third kappa shape index (κ3) is 4.21. The number of para-hydroxylation sites is 1. The molecular formula is C18H17BrO3. The molecule has 2 aromatic carbocycles. The van der Waals surface area contributed by atoms with Gasteiger partial charge in [0.2, 0.25) is 0 Å². The van der Waals surface area contributed by atoms with Gasteiger partial charge < -0.3 is 9.84 Å². The highest BCUT2D eigenvalue weighted by atomic mass is 79.9. The molecule has 4 heteroatoms. The Morgan fingerprint density at radius 1 is 1.27 bits per heavy atom. The van der Waals surface area contributed by atoms with Gasteiger partial charge in [-0.15, -0.1) is 0 Å². The first-order chi connectivity index (χ1) is 10.6. The first-order valence-electron chi connectivity index (χ1n) is 7.04. The molecule has 0 aliphatic heterocycles. The first kappa shape index (κ1) is 16.3. The number of ether oxygens (including phenoxy) is 1. The molecule has 0 saturated heterocycles. The third-order valence-electron chi connectivity index (χ3n) is 3.02. The van der Waals surface area contributed by atoms with E-state index in [0.717, 1.165) is 22.2 Å². The average molecular weight is 361 g/mol. The van der Waals surface area contributed by atoms with Crippen LogP contribution in [0.5, 0.6) is 11.5 Å². The molecule has 0 bridgehead atoms. The van der Waals surface area contributed by atoms with Crippen molar-refractivity contribution in [3.63, 3.8) is 0 Å². The van der Waals surface area contributed by atoms with Crippen LogP contribution in [0.2, 0.25) is 0 Å². The van der Waals surface area contributed by atoms with Gasteiger partial charge in [-0.3, -0.25) is 4.79 Å². The van der Waals surface area contributed by atoms with Crippen LogP contribution in [0.15, 0.2) is 53.0 Å². The van der Waals surface area contributed by atoms with Gasteiger partial charge in [0.1, 0.15) is 11.5 Å². The highest BCUT2D eigenvalue weighted by molar-refractivity contribution is 9.10. The molecule has 1 N–H and O–H groups in total. The topological polar surface area (TPSA) is 46.5 Å². The Balaban J connectivity index is 2.21. The van der Waals surface area contributed by atoms with E-state index in [1.54, 1.807) is 18.2 Å². The summed E-state index contributed by atoms with van der Waals surface area (Å²) in [6.45, 7) is 2.67. The molecule has 0 atom stereocenters. The largest absolute Gasteiger partial charge is 0.507 e. The van der Waals surface area contributed by atoms with Crippen LogP contribution in [0.1, 0.15) is 29.3 Å². The van der Waals surface area contributed by atoms with Crippen molar-refractivity contribution in [1.29, 1.82) is 0 Å². The minimum absolute atomic E-state index is 0.0339. The van der Waals surface area contributed by atoms with Crippen molar-refractivity contribution < 1.29 is 14.6 Å². The van der Waals surface area contributed by atoms with Gasteiger partial charge in [-0.1, -0.05) is 41.1 Å². The fourth-order valence-corrected chi connectivity index (χ4v) is 2.28. The molecule has 114 valence electrons. The number of halogens is 1. The number of rotatable bonds is 6. The second-order valence-electron chi connectivity index (χ2n) is 4.75. The molecule has 0 aromatic heterocycles. The van der Waals surface area contributed by atoms with Crippen molar-refractivity contribution in [2.45, 2.75) is 13.3 Å². The van der Waals surface area contributed by atoms with Crippen molar-refractivity contribution in [3.05, 3.63) is 64.1 Å². The lowest BCUT2D eigenvalue weighted by Gasteiger charge is -2.07. The SMILES string of the molecule is CCCOc1ccccc1/C=C/C(=O)c1cc(Br)ccc1O. The maximum Gasteiger partial charge on any atom is 0.189 e. The van der Waals surface area contributed by atoms with Crippen LogP contribution in [-0.4, -0.2) is 17.5 Å². The van der Waals surface area contributed by atoms with Crippen LogP contribution in [-0.2, 0) is 0 Å². The number of aromatic hydroxyl groups is 1. The maximum atomic E-state index is 12.2. The lowest BCUT2D eigenvalue weighted by molar-refractivity contribution is 0.104. The Labute approximate surface area is 138 Å². The quantitative estimate of drug-likeness (QED) is 0.592. The molecule has 0 radical (unpaired) electrons. The number of benzene rings is 2. The van der Waals surface area contributed by atoms with E-state index in [9.17, 15) is 9.90 Å². The zero-order chi connectivity index (χ0) is 15.9. The van der Waals surface area contributed by atoms with E-state index in [1.807, 2.05) is 31.2 Å². The van der Waals surface area contributed by atoms with Crippen LogP contribution in [0.3, 0.4) is 0 Å². The predicted octanol–water partition coefficient (Wildman–Crippen LogP) is 4.84. The number of carbonyl (C=O) groups is 1. The number of hydrogen-bond donors (Lipinski definition) is 1. The standard InChI is InChI=1S/C18H17BrO3/c1-2-11-22-18-6-4-3-5-13(18)7-9-16(20)15-12-14(19)8-10-17(15)21/h3-10,12,21H,2,11H2,1H3/b9-7+. The number of phenols is 1. The molecule has 0 amide bonds. The second-order valence-corrected chi connectivity index (χ2v) is 5.66. The predicted molar refractivity (Wildman–Crippen MR) is 91.4 cm³/mol. The van der Waals surface area contributed by atoms with E-state index < -0.39 is 0 Å². The van der Waals surface area contributed by atoms with Crippen molar-refractivity contribution >= 4 is 27.8 Å². The minimum atomic E-state index is -0.260. The first-order valence-corrected chi connectivity index (χ1v) is 7.84. The Hall–Kier alpha value is -2.07. The molecule has 0 saturated carbocycles. The summed E-state index contributed by atoms with van der Waals surface area (Å²) in [6.07, 6.45) is 4.06. The lowest BCUT2D eigenvalue weighted by Crippen LogP contribution is -1.97. The molecule has 3 nitrogen and oxygen atoms in total. The Morgan fingerprint density at radius 2 is 2.05 bits per heavy atom. The Morgan fingerprint density at radius 3 is 2.82 bits per heavy atom. The Kier molecular flexibility index (Phi) is 5.78. The van der Waals surface area contributed by atoms with Gasteiger partial charge in [0.25, 0.3) is 0 Å². The van der Waals surface area contributed by atoms with Crippen LogP contribution in [0, 0.1) is 0 Å². The maximum absolute atomic E-state index is 12.2. The summed E-state index contributed by atoms with van der Waals surface area (Å²) in [5.41, 5.74) is 1.09. The van der Waals surface area contributed by atoms with Crippen molar-refractivity contribution in [2.24, 2.45) is 0 Å². The highest BCUT2D eigenvalue weighted by Gasteiger charge is 2.09. The van der Waals surface area contributed by atoms with Crippen LogP contribution in [0.25, 0.3) is 6.08 Å². The molecule has 0 aliphatic carbocycles. The normalized spacial score (nSPS) is 10.8. The molecular weight excluding hydrogens is 344 g/mol. The second kappa shape index (κ2) is 7.80. The van der Waals surface area contributed by atoms with E-state index in [4.69, 9.17) is 4.74 Å². The smallest absolute Gasteiger partial charge is 0.189 e. The van der Waals surface area contributed by atoms with Crippen LogP contribution < -0.4 is 4.74 Å². The molecule has 2 rings (SSSR count). The lowest BCUT2D eigenvalue weighted by atomic mass is 10.1. The molecule has 0 fully saturated rings. The molecule has 22 heavy (non-hydrogen) atoms. The van der Waals surface area contributed by atoms with E-state index in [-0.39, 0.29) is 17.1 Å². The number of allylic oxidation sites excluding steroid dienone is 1. The summed E-state index contributed by atoms with van der Waals surface area (Å²) >= 11 is 3.29. The fraction of sp³-hybridized carbons (Fsp3) is 0.167. The van der Waals surface area contributed by atoms with E-state index in [2.05, 4.69) is 15.9 Å². The average Bonchev–Trinajstić information content (AvgIpc) is 2.53. The summed E-state index contributed by atoms with van der Waals surface area (Å²) < 4.78 is 6.39. The van der Waals surface area contributed by atoms with E-state index in [0.29, 0.717) is 6.61 Å². The molecule has 0 heterocycles. The van der Waals surface area contributed by atoms with Gasteiger partial charge >= 0.3 is 0 Å². The highest BCUT2D eigenvalue weighted by Crippen LogP contribution is 2.24. The molecule has 2 aromatic rings. The summed E-state index contributed by atoms with van der Waals surface area (Å²) in [5, 5.41) is 9.77. The van der Waals surface area contributed by atoms with Crippen LogP contribution >= 0.6 is 15.9 Å². The third-order valence-corrected chi connectivity index (χ3v) is 3.51. The van der Waals surface area contributed by atoms with Gasteiger partial charge in [-0.05, 0) is 42.8 Å². The van der Waals surface area contributed by atoms with Gasteiger partial charge in [0.15, 0.2) is 5.78 Å². The van der Waals surface area contributed by atoms with Crippen molar-refractivity contribution in [2.75, 3.05) is 6.61 Å². The fourth-order valence-electron chi connectivity index (χ4n) is 1.92. The summed E-state index contributed by atoms with van der Waals surface area (Å²) in [7, 11) is 0. The minimum Gasteiger partial charge on any atom is -0.507 e. The number of ketones is 1. The van der Waals surface area contributed by atoms with E-state index in [1.165, 1.54) is 12.1 Å². The van der Waals surface area contributed by atoms with Gasteiger partial charge in [0, 0.05) is 10.0 Å². The van der Waals surface area contributed by atoms with Gasteiger partial charge in [-0.2, -0.15) is 0 Å². The van der Waals surface area contributed by atoms with E-state index >= 15 is 0 Å². The Bertz CT molecular complexity index is 692. The zero-order valence-electron chi connectivity index (χ0n) is 12.3. The van der Waals surface area contributed by atoms with Crippen LogP contribution in [0.4, 0.5) is 0 Å². The van der Waals surface area contributed by atoms with Gasteiger partial charge in [0.05, 0.1) is 12.2 Å². The number of hydrogen-bond acceptors (Lipinski definition) is 3. The van der Waals surface area contributed by atoms with Crippen molar-refractivity contribution in [3.8, 4) is 11.5 Å². The molecule has 0 spiro atoms. The molecule has 0 aliphatic rings. The zero-order valence-corrected chi connectivity index (χ0v) is 13.8. The summed E-state index contributed by atoms with van der Waals surface area (Å²) in [4.78, 5) is 12.2. The number of carbonyl (C=O) groups excluding carboxylic acids is 1. The van der Waals surface area contributed by atoms with Gasteiger partial charge in [-0.25, -0.2) is 0 Å². The summed E-state index contributed by atoms with van der Waals surface area (Å²) in [6, 6.07) is 12.3. The molecule has 0 unspecified atom stereocenters. The van der Waals surface area contributed by atoms with Crippen molar-refractivity contribution in [1.82, 2.24) is 0 Å².